The van der Waals surface area contributed by atoms with Crippen LogP contribution in [0.1, 0.15) is 20.8 Å². The summed E-state index contributed by atoms with van der Waals surface area (Å²) in [4.78, 5) is 2.70. The molecule has 6 heteroatoms. The van der Waals surface area contributed by atoms with E-state index in [-0.39, 0.29) is 24.9 Å². The number of hydrogen-bond donors (Lipinski definition) is 0. The van der Waals surface area contributed by atoms with Crippen molar-refractivity contribution in [1.29, 1.82) is 0 Å². The summed E-state index contributed by atoms with van der Waals surface area (Å²) in [6, 6.07) is 0. The predicted molar refractivity (Wildman–Crippen MR) is 54.3 cm³/mol. The molecule has 1 saturated heterocycles. The van der Waals surface area contributed by atoms with Crippen molar-refractivity contribution in [1.82, 2.24) is 0 Å². The van der Waals surface area contributed by atoms with Crippen molar-refractivity contribution in [3.8, 4) is 0 Å². The Bertz CT molecular complexity index is 263. The van der Waals surface area contributed by atoms with E-state index in [0.29, 0.717) is 0 Å². The molecule has 0 bridgehead atoms. The molecule has 0 aromatic heterocycles. The maximum atomic E-state index is 8.25. The quantitative estimate of drug-likeness (QED) is 0.408. The molecule has 1 rings (SSSR count). The number of ether oxygens (including phenoxy) is 3. The van der Waals surface area contributed by atoms with Gasteiger partial charge in [-0.25, -0.2) is 0 Å². The van der Waals surface area contributed by atoms with Crippen LogP contribution in [0, 0.1) is 0 Å². The second kappa shape index (κ2) is 4.81. The molecule has 0 aliphatic carbocycles. The van der Waals surface area contributed by atoms with E-state index < -0.39 is 5.79 Å². The zero-order valence-corrected chi connectivity index (χ0v) is 9.51. The lowest BCUT2D eigenvalue weighted by atomic mass is 10.1. The van der Waals surface area contributed by atoms with E-state index in [1.54, 1.807) is 7.11 Å². The van der Waals surface area contributed by atoms with Gasteiger partial charge in [-0.1, -0.05) is 5.11 Å². The third kappa shape index (κ3) is 3.07. The average Bonchev–Trinajstić information content (AvgIpc) is 2.42. The van der Waals surface area contributed by atoms with Crippen LogP contribution in [-0.2, 0) is 14.2 Å². The maximum Gasteiger partial charge on any atom is 0.163 e. The van der Waals surface area contributed by atoms with Crippen LogP contribution in [0.5, 0.6) is 0 Å². The van der Waals surface area contributed by atoms with Gasteiger partial charge in [-0.05, 0) is 26.3 Å². The van der Waals surface area contributed by atoms with Crippen LogP contribution < -0.4 is 0 Å². The van der Waals surface area contributed by atoms with E-state index in [1.165, 1.54) is 0 Å². The fraction of sp³-hybridized carbons (Fsp3) is 1.00. The molecule has 0 saturated carbocycles. The normalized spacial score (nSPS) is 30.9. The molecule has 15 heavy (non-hydrogen) atoms. The zero-order valence-electron chi connectivity index (χ0n) is 9.51. The van der Waals surface area contributed by atoms with E-state index in [9.17, 15) is 0 Å². The predicted octanol–water partition coefficient (Wildman–Crippen LogP) is 1.85. The minimum Gasteiger partial charge on any atom is -0.379 e. The minimum atomic E-state index is -0.600. The van der Waals surface area contributed by atoms with Crippen LogP contribution in [0.2, 0.25) is 0 Å². The topological polar surface area (TPSA) is 76.5 Å². The smallest absolute Gasteiger partial charge is 0.163 e. The SMILES string of the molecule is CO[C@@H](CN=[N+]=[N-])C1OC(C)(C)O[C@H]1C. The number of methoxy groups -OCH3 is 1. The summed E-state index contributed by atoms with van der Waals surface area (Å²) >= 11 is 0. The summed E-state index contributed by atoms with van der Waals surface area (Å²) in [6.45, 7) is 5.87. The average molecular weight is 215 g/mol. The molecule has 0 aromatic carbocycles. The van der Waals surface area contributed by atoms with Gasteiger partial charge in [-0.15, -0.1) is 0 Å². The van der Waals surface area contributed by atoms with Crippen LogP contribution in [0.4, 0.5) is 0 Å². The van der Waals surface area contributed by atoms with Gasteiger partial charge < -0.3 is 14.2 Å². The molecule has 1 fully saturated rings. The minimum absolute atomic E-state index is 0.0705. The van der Waals surface area contributed by atoms with Crippen LogP contribution in [0.25, 0.3) is 10.4 Å². The van der Waals surface area contributed by atoms with Crippen molar-refractivity contribution < 1.29 is 14.2 Å². The fourth-order valence-electron chi connectivity index (χ4n) is 1.77. The van der Waals surface area contributed by atoms with E-state index in [4.69, 9.17) is 19.7 Å². The van der Waals surface area contributed by atoms with Crippen LogP contribution in [0.3, 0.4) is 0 Å². The molecule has 0 N–H and O–H groups in total. The van der Waals surface area contributed by atoms with Gasteiger partial charge in [0, 0.05) is 12.0 Å². The van der Waals surface area contributed by atoms with Gasteiger partial charge in [-0.2, -0.15) is 0 Å². The van der Waals surface area contributed by atoms with Crippen molar-refractivity contribution >= 4 is 0 Å². The number of rotatable bonds is 4. The molecule has 3 atom stereocenters. The first-order chi connectivity index (χ1) is 7.00. The van der Waals surface area contributed by atoms with Crippen LogP contribution in [-0.4, -0.2) is 37.8 Å². The second-order valence-corrected chi connectivity index (χ2v) is 3.99. The second-order valence-electron chi connectivity index (χ2n) is 3.99. The van der Waals surface area contributed by atoms with E-state index in [2.05, 4.69) is 10.0 Å². The highest BCUT2D eigenvalue weighted by atomic mass is 16.8. The molecule has 0 aromatic rings. The van der Waals surface area contributed by atoms with E-state index in [1.807, 2.05) is 20.8 Å². The van der Waals surface area contributed by atoms with Crippen molar-refractivity contribution in [2.45, 2.75) is 44.9 Å². The number of hydrogen-bond acceptors (Lipinski definition) is 4. The Kier molecular flexibility index (Phi) is 3.93. The van der Waals surface area contributed by atoms with Crippen molar-refractivity contribution in [2.75, 3.05) is 13.7 Å². The van der Waals surface area contributed by atoms with Crippen molar-refractivity contribution in [3.63, 3.8) is 0 Å². The Morgan fingerprint density at radius 3 is 2.60 bits per heavy atom. The van der Waals surface area contributed by atoms with E-state index in [0.717, 1.165) is 0 Å². The largest absolute Gasteiger partial charge is 0.379 e. The summed E-state index contributed by atoms with van der Waals surface area (Å²) in [6.07, 6.45) is -0.535. The Labute approximate surface area is 89.1 Å². The molecule has 86 valence electrons. The lowest BCUT2D eigenvalue weighted by Gasteiger charge is -2.22. The molecule has 1 unspecified atom stereocenters. The Morgan fingerprint density at radius 1 is 1.53 bits per heavy atom. The van der Waals surface area contributed by atoms with Gasteiger partial charge in [0.25, 0.3) is 0 Å². The van der Waals surface area contributed by atoms with Gasteiger partial charge in [0.15, 0.2) is 5.79 Å². The summed E-state index contributed by atoms with van der Waals surface area (Å²) in [7, 11) is 1.57. The highest BCUT2D eigenvalue weighted by Gasteiger charge is 2.42. The molecule has 1 aliphatic heterocycles. The van der Waals surface area contributed by atoms with Gasteiger partial charge in [0.2, 0.25) is 0 Å². The summed E-state index contributed by atoms with van der Waals surface area (Å²) in [5, 5.41) is 3.49. The third-order valence-corrected chi connectivity index (χ3v) is 2.35. The molecule has 0 spiro atoms. The van der Waals surface area contributed by atoms with Gasteiger partial charge in [-0.3, -0.25) is 0 Å². The number of nitrogens with zero attached hydrogens (tertiary/aromatic N) is 3. The van der Waals surface area contributed by atoms with Crippen molar-refractivity contribution in [2.24, 2.45) is 5.11 Å². The standard InChI is InChI=1S/C9H17N3O3/c1-6-8(15-9(2,3)14-6)7(13-4)5-11-12-10/h6-8H,5H2,1-4H3/t6-,7-,8?/m0/s1. The Balaban J connectivity index is 2.64. The molecule has 1 heterocycles. The zero-order chi connectivity index (χ0) is 11.5. The fourth-order valence-corrected chi connectivity index (χ4v) is 1.77. The molecule has 1 aliphatic rings. The van der Waals surface area contributed by atoms with Crippen LogP contribution in [0.15, 0.2) is 5.11 Å². The number of azide groups is 1. The first kappa shape index (κ1) is 12.3. The maximum absolute atomic E-state index is 8.25. The molecule has 0 amide bonds. The summed E-state index contributed by atoms with van der Waals surface area (Å²) < 4.78 is 16.5. The first-order valence-corrected chi connectivity index (χ1v) is 4.89. The van der Waals surface area contributed by atoms with E-state index >= 15 is 0 Å². The summed E-state index contributed by atoms with van der Waals surface area (Å²) in [5.74, 6) is -0.600. The monoisotopic (exact) mass is 215 g/mol. The van der Waals surface area contributed by atoms with Crippen LogP contribution >= 0.6 is 0 Å². The lowest BCUT2D eigenvalue weighted by molar-refractivity contribution is -0.155. The van der Waals surface area contributed by atoms with Gasteiger partial charge in [0.05, 0.1) is 18.8 Å². The van der Waals surface area contributed by atoms with Gasteiger partial charge in [0.1, 0.15) is 6.10 Å². The summed E-state index contributed by atoms with van der Waals surface area (Å²) in [5.41, 5.74) is 8.25. The Morgan fingerprint density at radius 2 is 2.20 bits per heavy atom. The lowest BCUT2D eigenvalue weighted by Crippen LogP contribution is -2.37. The first-order valence-electron chi connectivity index (χ1n) is 4.89. The Hall–Kier alpha value is -0.810. The third-order valence-electron chi connectivity index (χ3n) is 2.35. The molecule has 0 radical (unpaired) electrons. The molecule has 6 nitrogen and oxygen atoms in total. The highest BCUT2D eigenvalue weighted by molar-refractivity contribution is 4.85. The van der Waals surface area contributed by atoms with Gasteiger partial charge >= 0.3 is 0 Å². The molecular formula is C9H17N3O3. The highest BCUT2D eigenvalue weighted by Crippen LogP contribution is 2.30. The molecular weight excluding hydrogens is 198 g/mol. The van der Waals surface area contributed by atoms with Crippen molar-refractivity contribution in [3.05, 3.63) is 10.4 Å².